The lowest BCUT2D eigenvalue weighted by Gasteiger charge is -2.24. The molecule has 0 bridgehead atoms. The van der Waals surface area contributed by atoms with Gasteiger partial charge in [-0.1, -0.05) is 64.1 Å². The fraction of sp³-hybridized carbons (Fsp3) is 0.500. The monoisotopic (exact) mass is 252 g/mol. The highest BCUT2D eigenvalue weighted by Crippen LogP contribution is 2.34. The molecule has 0 aliphatic heterocycles. The standard InChI is InChI=1S/C16H25Cl/c1-8-11-13(15(17)10-3)12(4)14(9-2)16(5,6)7/h9-11H,2,8H2,1,3-7H3/b13-11-,14-12-,15-10+. The summed E-state index contributed by atoms with van der Waals surface area (Å²) in [6, 6.07) is 0. The van der Waals surface area contributed by atoms with E-state index in [-0.39, 0.29) is 5.41 Å². The summed E-state index contributed by atoms with van der Waals surface area (Å²) < 4.78 is 0. The second-order valence-electron chi connectivity index (χ2n) is 5.16. The van der Waals surface area contributed by atoms with Crippen molar-refractivity contribution < 1.29 is 0 Å². The molecule has 0 saturated carbocycles. The second-order valence-corrected chi connectivity index (χ2v) is 5.56. The van der Waals surface area contributed by atoms with Crippen LogP contribution in [0.5, 0.6) is 0 Å². The number of hydrogen-bond acceptors (Lipinski definition) is 0. The molecule has 0 aromatic rings. The summed E-state index contributed by atoms with van der Waals surface area (Å²) >= 11 is 6.28. The maximum atomic E-state index is 6.28. The smallest absolute Gasteiger partial charge is 0.0435 e. The van der Waals surface area contributed by atoms with Crippen molar-refractivity contribution in [3.8, 4) is 0 Å². The molecule has 0 aliphatic carbocycles. The summed E-state index contributed by atoms with van der Waals surface area (Å²) in [5, 5.41) is 0.813. The van der Waals surface area contributed by atoms with E-state index in [0.29, 0.717) is 0 Å². The van der Waals surface area contributed by atoms with Gasteiger partial charge in [-0.05, 0) is 42.4 Å². The zero-order chi connectivity index (χ0) is 13.6. The fourth-order valence-electron chi connectivity index (χ4n) is 1.96. The van der Waals surface area contributed by atoms with Crippen molar-refractivity contribution in [2.75, 3.05) is 0 Å². The van der Waals surface area contributed by atoms with Gasteiger partial charge in [0.25, 0.3) is 0 Å². The zero-order valence-electron chi connectivity index (χ0n) is 12.0. The van der Waals surface area contributed by atoms with E-state index in [9.17, 15) is 0 Å². The summed E-state index contributed by atoms with van der Waals surface area (Å²) in [5.41, 5.74) is 3.68. The van der Waals surface area contributed by atoms with Gasteiger partial charge in [0.1, 0.15) is 0 Å². The minimum atomic E-state index is 0.0869. The molecule has 0 amide bonds. The Kier molecular flexibility index (Phi) is 6.56. The van der Waals surface area contributed by atoms with Gasteiger partial charge >= 0.3 is 0 Å². The third-order valence-corrected chi connectivity index (χ3v) is 3.16. The van der Waals surface area contributed by atoms with E-state index >= 15 is 0 Å². The molecule has 0 fully saturated rings. The van der Waals surface area contributed by atoms with Crippen LogP contribution in [0.15, 0.2) is 46.6 Å². The first-order valence-corrected chi connectivity index (χ1v) is 6.53. The number of allylic oxidation sites excluding steroid dienone is 7. The molecule has 0 N–H and O–H groups in total. The molecule has 0 aromatic heterocycles. The quantitative estimate of drug-likeness (QED) is 0.537. The predicted molar refractivity (Wildman–Crippen MR) is 80.3 cm³/mol. The predicted octanol–water partition coefficient (Wildman–Crippen LogP) is 6.01. The van der Waals surface area contributed by atoms with Crippen LogP contribution in [0.4, 0.5) is 0 Å². The van der Waals surface area contributed by atoms with Crippen LogP contribution >= 0.6 is 11.6 Å². The molecular formula is C16H25Cl. The van der Waals surface area contributed by atoms with Gasteiger partial charge in [-0.3, -0.25) is 0 Å². The highest BCUT2D eigenvalue weighted by atomic mass is 35.5. The summed E-state index contributed by atoms with van der Waals surface area (Å²) in [5.74, 6) is 0. The highest BCUT2D eigenvalue weighted by Gasteiger charge is 2.19. The Morgan fingerprint density at radius 2 is 1.82 bits per heavy atom. The second kappa shape index (κ2) is 6.86. The number of rotatable bonds is 4. The first kappa shape index (κ1) is 16.2. The third kappa shape index (κ3) is 4.55. The van der Waals surface area contributed by atoms with Crippen molar-refractivity contribution in [2.45, 2.75) is 48.0 Å². The molecule has 0 aromatic carbocycles. The van der Waals surface area contributed by atoms with Gasteiger partial charge in [0.05, 0.1) is 0 Å². The molecule has 0 nitrogen and oxygen atoms in total. The number of halogens is 1. The normalized spacial score (nSPS) is 15.7. The van der Waals surface area contributed by atoms with Crippen LogP contribution in [0.1, 0.15) is 48.0 Å². The minimum Gasteiger partial charge on any atom is -0.0988 e. The molecule has 0 spiro atoms. The van der Waals surface area contributed by atoms with Gasteiger partial charge in [-0.2, -0.15) is 0 Å². The average Bonchev–Trinajstić information content (AvgIpc) is 2.23. The number of hydrogen-bond donors (Lipinski definition) is 0. The van der Waals surface area contributed by atoms with Gasteiger partial charge in [-0.25, -0.2) is 0 Å². The summed E-state index contributed by atoms with van der Waals surface area (Å²) in [6.07, 6.45) is 7.03. The van der Waals surface area contributed by atoms with Gasteiger partial charge < -0.3 is 0 Å². The van der Waals surface area contributed by atoms with E-state index < -0.39 is 0 Å². The van der Waals surface area contributed by atoms with Crippen LogP contribution in [-0.4, -0.2) is 0 Å². The van der Waals surface area contributed by atoms with E-state index in [2.05, 4.69) is 47.3 Å². The lowest BCUT2D eigenvalue weighted by molar-refractivity contribution is 0.513. The van der Waals surface area contributed by atoms with Crippen molar-refractivity contribution in [2.24, 2.45) is 5.41 Å². The fourth-order valence-corrected chi connectivity index (χ4v) is 2.18. The van der Waals surface area contributed by atoms with Crippen molar-refractivity contribution in [1.29, 1.82) is 0 Å². The van der Waals surface area contributed by atoms with Crippen LogP contribution in [0, 0.1) is 5.41 Å². The molecule has 0 atom stereocenters. The van der Waals surface area contributed by atoms with Gasteiger partial charge in [0, 0.05) is 5.03 Å². The largest absolute Gasteiger partial charge is 0.0988 e. The first-order valence-electron chi connectivity index (χ1n) is 6.16. The van der Waals surface area contributed by atoms with Crippen LogP contribution in [0.25, 0.3) is 0 Å². The van der Waals surface area contributed by atoms with Crippen molar-refractivity contribution in [3.63, 3.8) is 0 Å². The zero-order valence-corrected chi connectivity index (χ0v) is 12.8. The Morgan fingerprint density at radius 3 is 2.12 bits per heavy atom. The van der Waals surface area contributed by atoms with E-state index in [1.165, 1.54) is 11.1 Å². The minimum absolute atomic E-state index is 0.0869. The molecule has 0 aliphatic rings. The first-order chi connectivity index (χ1) is 7.79. The molecule has 0 saturated heterocycles. The topological polar surface area (TPSA) is 0 Å². The van der Waals surface area contributed by atoms with E-state index in [1.54, 1.807) is 0 Å². The van der Waals surface area contributed by atoms with Crippen LogP contribution in [-0.2, 0) is 0 Å². The molecule has 96 valence electrons. The average molecular weight is 253 g/mol. The third-order valence-electron chi connectivity index (χ3n) is 2.74. The Balaban J connectivity index is 5.78. The summed E-state index contributed by atoms with van der Waals surface area (Å²) in [6.45, 7) is 16.7. The molecule has 0 heterocycles. The van der Waals surface area contributed by atoms with Gasteiger partial charge in [0.15, 0.2) is 0 Å². The summed E-state index contributed by atoms with van der Waals surface area (Å²) in [7, 11) is 0. The van der Waals surface area contributed by atoms with Crippen LogP contribution in [0.2, 0.25) is 0 Å². The molecule has 17 heavy (non-hydrogen) atoms. The Labute approximate surface area is 112 Å². The van der Waals surface area contributed by atoms with Crippen molar-refractivity contribution in [3.05, 3.63) is 46.6 Å². The van der Waals surface area contributed by atoms with Crippen molar-refractivity contribution >= 4 is 11.6 Å². The Morgan fingerprint density at radius 1 is 1.29 bits per heavy atom. The molecule has 0 unspecified atom stereocenters. The van der Waals surface area contributed by atoms with Crippen LogP contribution < -0.4 is 0 Å². The van der Waals surface area contributed by atoms with Crippen molar-refractivity contribution in [1.82, 2.24) is 0 Å². The highest BCUT2D eigenvalue weighted by molar-refractivity contribution is 6.32. The molecule has 0 radical (unpaired) electrons. The summed E-state index contributed by atoms with van der Waals surface area (Å²) in [4.78, 5) is 0. The van der Waals surface area contributed by atoms with Gasteiger partial charge in [-0.15, -0.1) is 0 Å². The van der Waals surface area contributed by atoms with Crippen LogP contribution in [0.3, 0.4) is 0 Å². The van der Waals surface area contributed by atoms with Gasteiger partial charge in [0.2, 0.25) is 0 Å². The maximum absolute atomic E-state index is 6.28. The lowest BCUT2D eigenvalue weighted by Crippen LogP contribution is -2.10. The molecular weight excluding hydrogens is 228 g/mol. The Hall–Kier alpha value is -0.750. The van der Waals surface area contributed by atoms with E-state index in [4.69, 9.17) is 11.6 Å². The van der Waals surface area contributed by atoms with E-state index in [0.717, 1.165) is 17.0 Å². The Bertz CT molecular complexity index is 359. The maximum Gasteiger partial charge on any atom is 0.0435 e. The van der Waals surface area contributed by atoms with E-state index in [1.807, 2.05) is 19.1 Å². The SMILES string of the molecule is C=C/C(=C(C)/C(=C/CC)C(/Cl)=C\C)C(C)(C)C. The molecule has 1 heteroatoms. The lowest BCUT2D eigenvalue weighted by atomic mass is 9.81. The molecule has 0 rings (SSSR count).